The zero-order valence-corrected chi connectivity index (χ0v) is 13.2. The fraction of sp³-hybridized carbons (Fsp3) is 0.529. The average Bonchev–Trinajstić information content (AvgIpc) is 3.18. The highest BCUT2D eigenvalue weighted by molar-refractivity contribution is 6.05. The molecule has 0 saturated carbocycles. The minimum Gasteiger partial charge on any atom is -0.371 e. The molecule has 3 amide bonds. The molecular weight excluding hydrogens is 292 g/mol. The van der Waals surface area contributed by atoms with Crippen LogP contribution in [0, 0.1) is 5.41 Å². The van der Waals surface area contributed by atoms with Crippen LogP contribution in [0.15, 0.2) is 24.3 Å². The Balaban J connectivity index is 1.46. The van der Waals surface area contributed by atoms with E-state index in [-0.39, 0.29) is 11.9 Å². The summed E-state index contributed by atoms with van der Waals surface area (Å²) in [6, 6.07) is 7.79. The van der Waals surface area contributed by atoms with Crippen LogP contribution in [0.2, 0.25) is 0 Å². The van der Waals surface area contributed by atoms with Crippen LogP contribution in [0.3, 0.4) is 0 Å². The van der Waals surface area contributed by atoms with Crippen molar-refractivity contribution in [2.24, 2.45) is 5.41 Å². The van der Waals surface area contributed by atoms with Crippen molar-refractivity contribution >= 4 is 23.3 Å². The maximum atomic E-state index is 11.9. The summed E-state index contributed by atoms with van der Waals surface area (Å²) in [5.74, 6) is -0.199. The first-order valence-corrected chi connectivity index (χ1v) is 8.32. The van der Waals surface area contributed by atoms with Gasteiger partial charge < -0.3 is 10.2 Å². The number of imide groups is 1. The third kappa shape index (κ3) is 2.67. The SMILES string of the molecule is O=C1CCN(c2ccc(N3CCC4(CCNC4)C3)cc2)C(=O)N1. The van der Waals surface area contributed by atoms with Gasteiger partial charge in [-0.2, -0.15) is 0 Å². The summed E-state index contributed by atoms with van der Waals surface area (Å²) >= 11 is 0. The van der Waals surface area contributed by atoms with Crippen molar-refractivity contribution in [1.82, 2.24) is 10.6 Å². The molecule has 3 aliphatic rings. The molecule has 2 N–H and O–H groups in total. The maximum absolute atomic E-state index is 11.9. The van der Waals surface area contributed by atoms with E-state index in [0.717, 1.165) is 31.9 Å². The predicted octanol–water partition coefficient (Wildman–Crippen LogP) is 1.32. The Kier molecular flexibility index (Phi) is 3.49. The van der Waals surface area contributed by atoms with Gasteiger partial charge in [-0.05, 0) is 43.7 Å². The lowest BCUT2D eigenvalue weighted by atomic mass is 9.86. The zero-order valence-electron chi connectivity index (χ0n) is 13.2. The van der Waals surface area contributed by atoms with Gasteiger partial charge in [0.1, 0.15) is 0 Å². The lowest BCUT2D eigenvalue weighted by Crippen LogP contribution is -2.49. The van der Waals surface area contributed by atoms with Crippen LogP contribution >= 0.6 is 0 Å². The molecule has 1 atom stereocenters. The molecule has 3 heterocycles. The molecule has 0 bridgehead atoms. The number of urea groups is 1. The Bertz CT molecular complexity index is 622. The van der Waals surface area contributed by atoms with Gasteiger partial charge >= 0.3 is 6.03 Å². The first-order chi connectivity index (χ1) is 11.2. The van der Waals surface area contributed by atoms with Crippen LogP contribution in [0.5, 0.6) is 0 Å². The Hall–Kier alpha value is -2.08. The van der Waals surface area contributed by atoms with E-state index < -0.39 is 0 Å². The molecule has 1 spiro atoms. The summed E-state index contributed by atoms with van der Waals surface area (Å²) in [6.07, 6.45) is 2.87. The van der Waals surface area contributed by atoms with Crippen molar-refractivity contribution in [3.05, 3.63) is 24.3 Å². The normalized spacial score (nSPS) is 27.8. The number of carbonyl (C=O) groups excluding carboxylic acids is 2. The molecule has 1 unspecified atom stereocenters. The molecule has 23 heavy (non-hydrogen) atoms. The van der Waals surface area contributed by atoms with E-state index in [4.69, 9.17) is 0 Å². The Morgan fingerprint density at radius 2 is 1.78 bits per heavy atom. The van der Waals surface area contributed by atoms with Gasteiger partial charge in [0, 0.05) is 49.4 Å². The lowest BCUT2D eigenvalue weighted by Gasteiger charge is -2.27. The third-order valence-corrected chi connectivity index (χ3v) is 5.35. The molecule has 122 valence electrons. The zero-order chi connectivity index (χ0) is 15.9. The van der Waals surface area contributed by atoms with Gasteiger partial charge in [0.25, 0.3) is 0 Å². The largest absolute Gasteiger partial charge is 0.371 e. The van der Waals surface area contributed by atoms with Crippen LogP contribution in [0.25, 0.3) is 0 Å². The molecule has 0 aliphatic carbocycles. The Morgan fingerprint density at radius 3 is 2.48 bits per heavy atom. The van der Waals surface area contributed by atoms with Crippen LogP contribution in [-0.4, -0.2) is 44.7 Å². The van der Waals surface area contributed by atoms with Crippen LogP contribution in [0.1, 0.15) is 19.3 Å². The highest BCUT2D eigenvalue weighted by Gasteiger charge is 2.40. The summed E-state index contributed by atoms with van der Waals surface area (Å²) in [5.41, 5.74) is 2.51. The smallest absolute Gasteiger partial charge is 0.328 e. The van der Waals surface area contributed by atoms with Gasteiger partial charge in [-0.15, -0.1) is 0 Å². The minimum absolute atomic E-state index is 0.199. The van der Waals surface area contributed by atoms with E-state index in [1.165, 1.54) is 18.5 Å². The molecule has 1 aromatic carbocycles. The molecule has 3 saturated heterocycles. The van der Waals surface area contributed by atoms with Gasteiger partial charge in [-0.25, -0.2) is 4.79 Å². The lowest BCUT2D eigenvalue weighted by molar-refractivity contribution is -0.120. The van der Waals surface area contributed by atoms with Crippen LogP contribution in [0.4, 0.5) is 16.2 Å². The molecule has 0 aromatic heterocycles. The Labute approximate surface area is 135 Å². The van der Waals surface area contributed by atoms with E-state index in [0.29, 0.717) is 18.4 Å². The topological polar surface area (TPSA) is 64.7 Å². The maximum Gasteiger partial charge on any atom is 0.328 e. The average molecular weight is 314 g/mol. The number of benzene rings is 1. The van der Waals surface area contributed by atoms with E-state index >= 15 is 0 Å². The number of rotatable bonds is 2. The van der Waals surface area contributed by atoms with Crippen molar-refractivity contribution in [2.75, 3.05) is 42.5 Å². The quantitative estimate of drug-likeness (QED) is 0.864. The van der Waals surface area contributed by atoms with Crippen molar-refractivity contribution < 1.29 is 9.59 Å². The van der Waals surface area contributed by atoms with Crippen molar-refractivity contribution in [2.45, 2.75) is 19.3 Å². The summed E-state index contributed by atoms with van der Waals surface area (Å²) < 4.78 is 0. The Morgan fingerprint density at radius 1 is 1.00 bits per heavy atom. The highest BCUT2D eigenvalue weighted by atomic mass is 16.2. The monoisotopic (exact) mass is 314 g/mol. The van der Waals surface area contributed by atoms with E-state index in [1.807, 2.05) is 12.1 Å². The van der Waals surface area contributed by atoms with Crippen LogP contribution < -0.4 is 20.4 Å². The van der Waals surface area contributed by atoms with Gasteiger partial charge in [0.15, 0.2) is 0 Å². The predicted molar refractivity (Wildman–Crippen MR) is 88.7 cm³/mol. The number of carbonyl (C=O) groups is 2. The number of nitrogens with zero attached hydrogens (tertiary/aromatic N) is 2. The molecule has 3 fully saturated rings. The second kappa shape index (κ2) is 5.53. The van der Waals surface area contributed by atoms with E-state index in [1.54, 1.807) is 4.90 Å². The second-order valence-electron chi connectivity index (χ2n) is 6.87. The highest BCUT2D eigenvalue weighted by Crippen LogP contribution is 2.38. The number of nitrogens with one attached hydrogen (secondary N) is 2. The molecule has 1 aromatic rings. The third-order valence-electron chi connectivity index (χ3n) is 5.35. The molecule has 6 nitrogen and oxygen atoms in total. The van der Waals surface area contributed by atoms with Gasteiger partial charge in [0.2, 0.25) is 5.91 Å². The fourth-order valence-electron chi connectivity index (χ4n) is 3.95. The van der Waals surface area contributed by atoms with Crippen molar-refractivity contribution in [3.8, 4) is 0 Å². The summed E-state index contributed by atoms with van der Waals surface area (Å²) in [7, 11) is 0. The first kappa shape index (κ1) is 14.5. The number of anilines is 2. The van der Waals surface area contributed by atoms with E-state index in [9.17, 15) is 9.59 Å². The standard InChI is InChI=1S/C17H22N4O2/c22-15-5-9-21(16(23)19-15)14-3-1-13(2-4-14)20-10-7-17(12-20)6-8-18-11-17/h1-4,18H,5-12H2,(H,19,22,23). The van der Waals surface area contributed by atoms with Gasteiger partial charge in [-0.3, -0.25) is 15.0 Å². The van der Waals surface area contributed by atoms with Crippen molar-refractivity contribution in [1.29, 1.82) is 0 Å². The molecule has 3 aliphatic heterocycles. The number of hydrogen-bond acceptors (Lipinski definition) is 4. The summed E-state index contributed by atoms with van der Waals surface area (Å²) in [6.45, 7) is 4.92. The number of amides is 3. The molecule has 4 rings (SSSR count). The molecular formula is C17H22N4O2. The van der Waals surface area contributed by atoms with Crippen molar-refractivity contribution in [3.63, 3.8) is 0 Å². The van der Waals surface area contributed by atoms with Gasteiger partial charge in [-0.1, -0.05) is 0 Å². The summed E-state index contributed by atoms with van der Waals surface area (Å²) in [5, 5.41) is 5.84. The minimum atomic E-state index is -0.328. The number of hydrogen-bond donors (Lipinski definition) is 2. The fourth-order valence-corrected chi connectivity index (χ4v) is 3.95. The second-order valence-corrected chi connectivity index (χ2v) is 6.87. The molecule has 0 radical (unpaired) electrons. The first-order valence-electron chi connectivity index (χ1n) is 8.32. The summed E-state index contributed by atoms with van der Waals surface area (Å²) in [4.78, 5) is 27.2. The molecule has 6 heteroatoms. The van der Waals surface area contributed by atoms with E-state index in [2.05, 4.69) is 27.7 Å². The van der Waals surface area contributed by atoms with Gasteiger partial charge in [0.05, 0.1) is 0 Å². The van der Waals surface area contributed by atoms with Crippen LogP contribution in [-0.2, 0) is 4.79 Å².